The number of anilines is 2. The van der Waals surface area contributed by atoms with Crippen molar-refractivity contribution in [3.05, 3.63) is 59.4 Å². The third kappa shape index (κ3) is 5.09. The summed E-state index contributed by atoms with van der Waals surface area (Å²) < 4.78 is 13.1. The van der Waals surface area contributed by atoms with Crippen LogP contribution in [0.4, 0.5) is 15.8 Å². The predicted molar refractivity (Wildman–Crippen MR) is 109 cm³/mol. The highest BCUT2D eigenvalue weighted by Crippen LogP contribution is 2.24. The fourth-order valence-electron chi connectivity index (χ4n) is 3.31. The summed E-state index contributed by atoms with van der Waals surface area (Å²) in [6, 6.07) is 12.9. The van der Waals surface area contributed by atoms with Crippen LogP contribution in [0.15, 0.2) is 48.5 Å². The number of para-hydroxylation sites is 1. The van der Waals surface area contributed by atoms with E-state index in [-0.39, 0.29) is 28.8 Å². The van der Waals surface area contributed by atoms with E-state index in [0.29, 0.717) is 31.6 Å². The molecule has 0 unspecified atom stereocenters. The van der Waals surface area contributed by atoms with Crippen LogP contribution in [0.2, 0.25) is 5.02 Å². The molecule has 2 N–H and O–H groups in total. The van der Waals surface area contributed by atoms with Crippen LogP contribution >= 0.6 is 11.6 Å². The number of amides is 2. The SMILES string of the molecule is C[C@@H](C(=O)Nc1ccc(F)cc1Cl)N1CCC(C(=O)Nc2ccccc2)CC1. The molecule has 0 spiro atoms. The molecule has 148 valence electrons. The summed E-state index contributed by atoms with van der Waals surface area (Å²) in [5.74, 6) is -0.716. The molecule has 1 heterocycles. The van der Waals surface area contributed by atoms with Crippen LogP contribution in [0.3, 0.4) is 0 Å². The van der Waals surface area contributed by atoms with Crippen molar-refractivity contribution in [1.29, 1.82) is 0 Å². The van der Waals surface area contributed by atoms with Gasteiger partial charge in [-0.2, -0.15) is 0 Å². The number of rotatable bonds is 5. The van der Waals surface area contributed by atoms with E-state index in [1.165, 1.54) is 18.2 Å². The lowest BCUT2D eigenvalue weighted by molar-refractivity contribution is -0.123. The number of carbonyl (C=O) groups is 2. The number of nitrogens with one attached hydrogen (secondary N) is 2. The number of nitrogens with zero attached hydrogens (tertiary/aromatic N) is 1. The average Bonchev–Trinajstić information content (AvgIpc) is 2.70. The Morgan fingerprint density at radius 1 is 1.11 bits per heavy atom. The fraction of sp³-hybridized carbons (Fsp3) is 0.333. The highest BCUT2D eigenvalue weighted by Gasteiger charge is 2.30. The first-order valence-electron chi connectivity index (χ1n) is 9.30. The second-order valence-corrected chi connectivity index (χ2v) is 7.36. The lowest BCUT2D eigenvalue weighted by atomic mass is 9.94. The topological polar surface area (TPSA) is 61.4 Å². The van der Waals surface area contributed by atoms with Gasteiger partial charge in [0.25, 0.3) is 0 Å². The Morgan fingerprint density at radius 3 is 2.43 bits per heavy atom. The predicted octanol–water partition coefficient (Wildman–Crippen LogP) is 4.16. The number of halogens is 2. The zero-order valence-electron chi connectivity index (χ0n) is 15.6. The summed E-state index contributed by atoms with van der Waals surface area (Å²) >= 11 is 5.97. The van der Waals surface area contributed by atoms with E-state index < -0.39 is 5.82 Å². The minimum atomic E-state index is -0.452. The van der Waals surface area contributed by atoms with Crippen molar-refractivity contribution in [2.45, 2.75) is 25.8 Å². The standard InChI is InChI=1S/C21H23ClFN3O2/c1-14(20(27)25-19-8-7-16(23)13-18(19)22)26-11-9-15(10-12-26)21(28)24-17-5-3-2-4-6-17/h2-8,13-15H,9-12H2,1H3,(H,24,28)(H,25,27)/t14-/m0/s1. The Morgan fingerprint density at radius 2 is 1.79 bits per heavy atom. The Kier molecular flexibility index (Phi) is 6.65. The van der Waals surface area contributed by atoms with Crippen LogP contribution in [-0.4, -0.2) is 35.8 Å². The van der Waals surface area contributed by atoms with Crippen molar-refractivity contribution in [2.24, 2.45) is 5.92 Å². The van der Waals surface area contributed by atoms with Gasteiger partial charge in [0.05, 0.1) is 16.8 Å². The molecule has 0 radical (unpaired) electrons. The maximum absolute atomic E-state index is 13.1. The first-order valence-corrected chi connectivity index (χ1v) is 9.67. The van der Waals surface area contributed by atoms with E-state index in [1.807, 2.05) is 42.2 Å². The molecule has 0 bridgehead atoms. The zero-order valence-corrected chi connectivity index (χ0v) is 16.4. The second kappa shape index (κ2) is 9.17. The van der Waals surface area contributed by atoms with E-state index in [2.05, 4.69) is 10.6 Å². The lowest BCUT2D eigenvalue weighted by Gasteiger charge is -2.34. The van der Waals surface area contributed by atoms with Crippen molar-refractivity contribution < 1.29 is 14.0 Å². The molecule has 1 aliphatic heterocycles. The van der Waals surface area contributed by atoms with Crippen molar-refractivity contribution in [3.8, 4) is 0 Å². The zero-order chi connectivity index (χ0) is 20.1. The van der Waals surface area contributed by atoms with Gasteiger partial charge in [-0.05, 0) is 63.2 Å². The number of piperidine rings is 1. The van der Waals surface area contributed by atoms with Crippen LogP contribution in [0.5, 0.6) is 0 Å². The van der Waals surface area contributed by atoms with E-state index in [9.17, 15) is 14.0 Å². The number of benzene rings is 2. The highest BCUT2D eigenvalue weighted by molar-refractivity contribution is 6.33. The summed E-state index contributed by atoms with van der Waals surface area (Å²) in [5.41, 5.74) is 1.18. The van der Waals surface area contributed by atoms with Crippen molar-refractivity contribution in [3.63, 3.8) is 0 Å². The van der Waals surface area contributed by atoms with E-state index in [1.54, 1.807) is 0 Å². The Labute approximate surface area is 168 Å². The van der Waals surface area contributed by atoms with E-state index in [4.69, 9.17) is 11.6 Å². The summed E-state index contributed by atoms with van der Waals surface area (Å²) in [7, 11) is 0. The van der Waals surface area contributed by atoms with Gasteiger partial charge in [-0.3, -0.25) is 14.5 Å². The minimum absolute atomic E-state index is 0.0149. The molecule has 5 nitrogen and oxygen atoms in total. The summed E-state index contributed by atoms with van der Waals surface area (Å²) in [5, 5.41) is 5.85. The third-order valence-electron chi connectivity index (χ3n) is 5.06. The molecular weight excluding hydrogens is 381 g/mol. The molecule has 3 rings (SSSR count). The van der Waals surface area contributed by atoms with Gasteiger partial charge < -0.3 is 10.6 Å². The molecule has 0 aliphatic carbocycles. The minimum Gasteiger partial charge on any atom is -0.326 e. The molecule has 1 aliphatic rings. The molecule has 1 atom stereocenters. The molecule has 1 saturated heterocycles. The van der Waals surface area contributed by atoms with E-state index in [0.717, 1.165) is 5.69 Å². The monoisotopic (exact) mass is 403 g/mol. The molecule has 2 amide bonds. The molecule has 0 aromatic heterocycles. The molecule has 28 heavy (non-hydrogen) atoms. The van der Waals surface area contributed by atoms with Crippen molar-refractivity contribution >= 4 is 34.8 Å². The Bertz CT molecular complexity index is 839. The van der Waals surface area contributed by atoms with Crippen LogP contribution in [-0.2, 0) is 9.59 Å². The number of likely N-dealkylation sites (tertiary alicyclic amines) is 1. The number of hydrogen-bond acceptors (Lipinski definition) is 3. The van der Waals surface area contributed by atoms with Gasteiger partial charge in [-0.25, -0.2) is 4.39 Å². The smallest absolute Gasteiger partial charge is 0.241 e. The average molecular weight is 404 g/mol. The van der Waals surface area contributed by atoms with Gasteiger partial charge in [0.2, 0.25) is 11.8 Å². The largest absolute Gasteiger partial charge is 0.326 e. The first kappa shape index (κ1) is 20.3. The number of carbonyl (C=O) groups excluding carboxylic acids is 2. The van der Waals surface area contributed by atoms with Gasteiger partial charge in [-0.1, -0.05) is 29.8 Å². The lowest BCUT2D eigenvalue weighted by Crippen LogP contribution is -2.47. The van der Waals surface area contributed by atoms with Crippen LogP contribution < -0.4 is 10.6 Å². The fourth-order valence-corrected chi connectivity index (χ4v) is 3.52. The van der Waals surface area contributed by atoms with Crippen LogP contribution in [0.1, 0.15) is 19.8 Å². The molecule has 1 fully saturated rings. The molecule has 7 heteroatoms. The highest BCUT2D eigenvalue weighted by atomic mass is 35.5. The maximum Gasteiger partial charge on any atom is 0.241 e. The van der Waals surface area contributed by atoms with E-state index >= 15 is 0 Å². The van der Waals surface area contributed by atoms with Crippen molar-refractivity contribution in [1.82, 2.24) is 4.90 Å². The first-order chi connectivity index (χ1) is 13.4. The van der Waals surface area contributed by atoms with Crippen molar-refractivity contribution in [2.75, 3.05) is 23.7 Å². The van der Waals surface area contributed by atoms with Gasteiger partial charge in [-0.15, -0.1) is 0 Å². The quantitative estimate of drug-likeness (QED) is 0.788. The number of hydrogen-bond donors (Lipinski definition) is 2. The molecule has 2 aromatic rings. The van der Waals surface area contributed by atoms with Crippen LogP contribution in [0.25, 0.3) is 0 Å². The van der Waals surface area contributed by atoms with Gasteiger partial charge in [0, 0.05) is 11.6 Å². The molecular formula is C21H23ClFN3O2. The summed E-state index contributed by atoms with van der Waals surface area (Å²) in [6.07, 6.45) is 1.38. The maximum atomic E-state index is 13.1. The normalized spacial score (nSPS) is 16.4. The third-order valence-corrected chi connectivity index (χ3v) is 5.37. The van der Waals surface area contributed by atoms with Crippen LogP contribution in [0, 0.1) is 11.7 Å². The Balaban J connectivity index is 1.51. The summed E-state index contributed by atoms with van der Waals surface area (Å²) in [4.78, 5) is 27.0. The molecule has 0 saturated carbocycles. The summed E-state index contributed by atoms with van der Waals surface area (Å²) in [6.45, 7) is 3.12. The Hall–Kier alpha value is -2.44. The van der Waals surface area contributed by atoms with Gasteiger partial charge in [0.1, 0.15) is 5.82 Å². The second-order valence-electron chi connectivity index (χ2n) is 6.95. The molecule has 2 aromatic carbocycles. The van der Waals surface area contributed by atoms with Gasteiger partial charge >= 0.3 is 0 Å². The van der Waals surface area contributed by atoms with Gasteiger partial charge in [0.15, 0.2) is 0 Å².